The van der Waals surface area contributed by atoms with Gasteiger partial charge in [0.05, 0.1) is 53.3 Å². The van der Waals surface area contributed by atoms with E-state index in [1.165, 1.54) is 12.4 Å². The molecule has 0 aromatic carbocycles. The number of nitrogens with one attached hydrogen (secondary N) is 1. The number of pyridine rings is 1. The first kappa shape index (κ1) is 31.8. The van der Waals surface area contributed by atoms with Crippen LogP contribution in [0.4, 0.5) is 17.3 Å². The van der Waals surface area contributed by atoms with Crippen LogP contribution in [0.15, 0.2) is 49.3 Å². The fourth-order valence-corrected chi connectivity index (χ4v) is 8.07. The van der Waals surface area contributed by atoms with Crippen molar-refractivity contribution >= 4 is 27.3 Å². The average Bonchev–Trinajstić information content (AvgIpc) is 3.71. The first-order chi connectivity index (χ1) is 23.9. The number of piperidine rings is 1. The Morgan fingerprint density at radius 3 is 2.49 bits per heavy atom. The van der Waals surface area contributed by atoms with Crippen LogP contribution in [0.1, 0.15) is 55.5 Å². The summed E-state index contributed by atoms with van der Waals surface area (Å²) in [4.78, 5) is 27.4. The molecule has 3 aliphatic heterocycles. The third kappa shape index (κ3) is 7.13. The van der Waals surface area contributed by atoms with E-state index >= 15 is 0 Å². The van der Waals surface area contributed by atoms with Gasteiger partial charge in [-0.3, -0.25) is 4.90 Å². The summed E-state index contributed by atoms with van der Waals surface area (Å²) in [5.41, 5.74) is 3.28. The van der Waals surface area contributed by atoms with Crippen molar-refractivity contribution < 1.29 is 17.9 Å². The highest BCUT2D eigenvalue weighted by Gasteiger charge is 2.39. The monoisotopic (exact) mass is 682 g/mol. The molecule has 4 aromatic rings. The third-order valence-corrected chi connectivity index (χ3v) is 11.6. The van der Waals surface area contributed by atoms with Gasteiger partial charge in [-0.15, -0.1) is 0 Å². The summed E-state index contributed by atoms with van der Waals surface area (Å²) < 4.78 is 37.9. The van der Waals surface area contributed by atoms with Gasteiger partial charge in [-0.2, -0.15) is 9.19 Å². The molecular weight excluding hydrogens is 645 g/mol. The van der Waals surface area contributed by atoms with E-state index in [1.807, 2.05) is 18.5 Å². The molecule has 0 unspecified atom stereocenters. The van der Waals surface area contributed by atoms with Gasteiger partial charge in [0.1, 0.15) is 11.6 Å². The lowest BCUT2D eigenvalue weighted by Gasteiger charge is -2.40. The second kappa shape index (κ2) is 13.4. The normalized spacial score (nSPS) is 19.5. The lowest BCUT2D eigenvalue weighted by atomic mass is 9.88. The average molecular weight is 683 g/mol. The lowest BCUT2D eigenvalue weighted by Crippen LogP contribution is -2.44. The molecule has 0 amide bonds. The Morgan fingerprint density at radius 1 is 0.918 bits per heavy atom. The zero-order valence-electron chi connectivity index (χ0n) is 27.2. The quantitative estimate of drug-likeness (QED) is 0.271. The van der Waals surface area contributed by atoms with E-state index in [-0.39, 0.29) is 10.9 Å². The Labute approximate surface area is 285 Å². The molecule has 3 saturated heterocycles. The van der Waals surface area contributed by atoms with Crippen LogP contribution in [0.5, 0.6) is 0 Å². The standard InChI is InChI=1S/C34H38N10O4S/c45-49(46,28-3-4-28)44-24-27(22-39-44)33-35-10-6-31(41-33)40-32-18-29(43-11-8-34(9-12-43)7-1-15-48-34)26(21-38-32)2-5-30-36-19-25(20-37-30)23-42-13-16-47-17-14-42/h6,10,18-22,24,28H,1,3-4,7-9,11-17,23H2,(H,35,38,40,41). The SMILES string of the molecule is O=S(=O)(C1CC1)n1cc(-c2nccc(Nc3cc(N4CCC5(CCCO5)CC4)c(C#Cc4ncc(CN5CCOCC5)cn4)cn3)n2)cn1. The minimum absolute atomic E-state index is 0.0174. The van der Waals surface area contributed by atoms with Crippen molar-refractivity contribution in [1.29, 1.82) is 0 Å². The Bertz CT molecular complexity index is 1970. The minimum atomic E-state index is -3.48. The maximum absolute atomic E-state index is 12.6. The Hall–Kier alpha value is -4.49. The number of morpholine rings is 1. The summed E-state index contributed by atoms with van der Waals surface area (Å²) in [6, 6.07) is 3.73. The van der Waals surface area contributed by atoms with Crippen molar-refractivity contribution in [3.05, 3.63) is 66.3 Å². The number of nitrogens with zero attached hydrogens (tertiary/aromatic N) is 9. The molecular formula is C34H38N10O4S. The summed E-state index contributed by atoms with van der Waals surface area (Å²) in [5.74, 6) is 8.37. The van der Waals surface area contributed by atoms with Crippen molar-refractivity contribution in [2.24, 2.45) is 0 Å². The zero-order chi connectivity index (χ0) is 33.3. The van der Waals surface area contributed by atoms with Gasteiger partial charge in [0.2, 0.25) is 5.82 Å². The second-order valence-corrected chi connectivity index (χ2v) is 15.1. The van der Waals surface area contributed by atoms with Crippen LogP contribution >= 0.6 is 0 Å². The Balaban J connectivity index is 1.02. The van der Waals surface area contributed by atoms with Crippen molar-refractivity contribution in [1.82, 2.24) is 39.0 Å². The molecule has 1 saturated carbocycles. The van der Waals surface area contributed by atoms with Crippen LogP contribution in [0.3, 0.4) is 0 Å². The van der Waals surface area contributed by atoms with Crippen LogP contribution in [0.2, 0.25) is 0 Å². The molecule has 1 aliphatic carbocycles. The predicted octanol–water partition coefficient (Wildman–Crippen LogP) is 2.99. The van der Waals surface area contributed by atoms with Gasteiger partial charge in [-0.05, 0) is 50.5 Å². The van der Waals surface area contributed by atoms with E-state index in [1.54, 1.807) is 18.5 Å². The van der Waals surface area contributed by atoms with Crippen LogP contribution in [-0.2, 0) is 26.0 Å². The van der Waals surface area contributed by atoms with Gasteiger partial charge < -0.3 is 19.7 Å². The number of hydrogen-bond acceptors (Lipinski definition) is 13. The number of anilines is 3. The van der Waals surface area contributed by atoms with Crippen LogP contribution in [0, 0.1) is 11.8 Å². The molecule has 1 spiro atoms. The van der Waals surface area contributed by atoms with Gasteiger partial charge in [0.25, 0.3) is 10.0 Å². The highest BCUT2D eigenvalue weighted by Crippen LogP contribution is 2.38. The minimum Gasteiger partial charge on any atom is -0.379 e. The van der Waals surface area contributed by atoms with Crippen molar-refractivity contribution in [3.63, 3.8) is 0 Å². The highest BCUT2D eigenvalue weighted by atomic mass is 32.2. The first-order valence-electron chi connectivity index (χ1n) is 16.8. The topological polar surface area (TPSA) is 153 Å². The van der Waals surface area contributed by atoms with E-state index < -0.39 is 10.0 Å². The van der Waals surface area contributed by atoms with Crippen LogP contribution < -0.4 is 10.2 Å². The van der Waals surface area contributed by atoms with Gasteiger partial charge >= 0.3 is 0 Å². The summed E-state index contributed by atoms with van der Waals surface area (Å²) in [6.45, 7) is 6.63. The lowest BCUT2D eigenvalue weighted by molar-refractivity contribution is -0.0146. The van der Waals surface area contributed by atoms with Crippen molar-refractivity contribution in [2.45, 2.75) is 55.9 Å². The summed E-state index contributed by atoms with van der Waals surface area (Å²) >= 11 is 0. The van der Waals surface area contributed by atoms with Crippen molar-refractivity contribution in [3.8, 4) is 23.2 Å². The molecule has 0 atom stereocenters. The van der Waals surface area contributed by atoms with E-state index in [4.69, 9.17) is 9.47 Å². The highest BCUT2D eigenvalue weighted by molar-refractivity contribution is 7.90. The molecule has 49 heavy (non-hydrogen) atoms. The van der Waals surface area contributed by atoms with E-state index in [0.29, 0.717) is 41.7 Å². The molecule has 254 valence electrons. The molecule has 14 nitrogen and oxygen atoms in total. The molecule has 7 heterocycles. The first-order valence-corrected chi connectivity index (χ1v) is 18.3. The molecule has 4 aromatic heterocycles. The fourth-order valence-electron chi connectivity index (χ4n) is 6.59. The van der Waals surface area contributed by atoms with Gasteiger partial charge in [0, 0.05) is 75.7 Å². The maximum atomic E-state index is 12.6. The van der Waals surface area contributed by atoms with Crippen LogP contribution in [-0.4, -0.2) is 104 Å². The summed E-state index contributed by atoms with van der Waals surface area (Å²) in [7, 11) is -3.48. The summed E-state index contributed by atoms with van der Waals surface area (Å²) in [5, 5.41) is 7.02. The largest absolute Gasteiger partial charge is 0.379 e. The second-order valence-electron chi connectivity index (χ2n) is 13.0. The Kier molecular flexibility index (Phi) is 8.71. The summed E-state index contributed by atoms with van der Waals surface area (Å²) in [6.07, 6.45) is 15.5. The van der Waals surface area contributed by atoms with Gasteiger partial charge in [-0.25, -0.2) is 33.3 Å². The molecule has 4 fully saturated rings. The third-order valence-electron chi connectivity index (χ3n) is 9.54. The van der Waals surface area contributed by atoms with Gasteiger partial charge in [-0.1, -0.05) is 5.92 Å². The fraction of sp³-hybridized carbons (Fsp3) is 0.471. The molecule has 8 rings (SSSR count). The van der Waals surface area contributed by atoms with E-state index in [0.717, 1.165) is 99.1 Å². The van der Waals surface area contributed by atoms with Gasteiger partial charge in [0.15, 0.2) is 5.82 Å². The predicted molar refractivity (Wildman–Crippen MR) is 182 cm³/mol. The molecule has 0 radical (unpaired) electrons. The van der Waals surface area contributed by atoms with Crippen LogP contribution in [0.25, 0.3) is 11.4 Å². The van der Waals surface area contributed by atoms with E-state index in [9.17, 15) is 8.42 Å². The Morgan fingerprint density at radius 2 is 1.73 bits per heavy atom. The number of aromatic nitrogens is 7. The van der Waals surface area contributed by atoms with Crippen molar-refractivity contribution in [2.75, 3.05) is 56.2 Å². The molecule has 15 heteroatoms. The molecule has 1 N–H and O–H groups in total. The maximum Gasteiger partial charge on any atom is 0.256 e. The smallest absolute Gasteiger partial charge is 0.256 e. The zero-order valence-corrected chi connectivity index (χ0v) is 28.0. The molecule has 4 aliphatic rings. The molecule has 0 bridgehead atoms. The van der Waals surface area contributed by atoms with E-state index in [2.05, 4.69) is 57.0 Å². The number of ether oxygens (including phenoxy) is 2. The number of rotatable bonds is 8. The number of hydrogen-bond donors (Lipinski definition) is 1.